The van der Waals surface area contributed by atoms with E-state index in [9.17, 15) is 13.2 Å². The van der Waals surface area contributed by atoms with Crippen molar-refractivity contribution in [3.63, 3.8) is 0 Å². The van der Waals surface area contributed by atoms with Crippen LogP contribution < -0.4 is 9.88 Å². The molecule has 0 aliphatic carbocycles. The fourth-order valence-electron chi connectivity index (χ4n) is 3.30. The van der Waals surface area contributed by atoms with Crippen LogP contribution in [0, 0.1) is 6.92 Å². The van der Waals surface area contributed by atoms with Gasteiger partial charge >= 0.3 is 0 Å². The molecule has 0 aliphatic heterocycles. The lowest BCUT2D eigenvalue weighted by molar-refractivity contribution is -0.682. The van der Waals surface area contributed by atoms with Gasteiger partial charge in [0.05, 0.1) is 4.90 Å². The Kier molecular flexibility index (Phi) is 6.30. The molecule has 1 amide bonds. The first-order valence-corrected chi connectivity index (χ1v) is 11.1. The topological polar surface area (TPSA) is 70.4 Å². The molecule has 6 nitrogen and oxygen atoms in total. The van der Waals surface area contributed by atoms with Crippen LogP contribution in [0.2, 0.25) is 0 Å². The van der Waals surface area contributed by atoms with Gasteiger partial charge in [0, 0.05) is 30.2 Å². The van der Waals surface area contributed by atoms with E-state index >= 15 is 0 Å². The lowest BCUT2D eigenvalue weighted by Crippen LogP contribution is -2.39. The van der Waals surface area contributed by atoms with Crippen molar-refractivity contribution in [2.75, 3.05) is 18.4 Å². The molecular formula is C22H26N3O3S+. The van der Waals surface area contributed by atoms with E-state index in [0.717, 1.165) is 10.8 Å². The predicted molar refractivity (Wildman–Crippen MR) is 114 cm³/mol. The number of carbonyl (C=O) groups is 1. The van der Waals surface area contributed by atoms with Crippen LogP contribution in [-0.4, -0.2) is 31.7 Å². The number of nitrogens with zero attached hydrogens (tertiary/aromatic N) is 2. The number of benzene rings is 2. The summed E-state index contributed by atoms with van der Waals surface area (Å²) in [6.45, 7) is 6.30. The minimum absolute atomic E-state index is 0.136. The average molecular weight is 413 g/mol. The number of sulfonamides is 1. The van der Waals surface area contributed by atoms with Gasteiger partial charge in [0.25, 0.3) is 5.91 Å². The summed E-state index contributed by atoms with van der Waals surface area (Å²) in [6, 6.07) is 14.9. The molecule has 7 heteroatoms. The molecule has 0 spiro atoms. The average Bonchev–Trinajstić information content (AvgIpc) is 2.70. The van der Waals surface area contributed by atoms with Crippen molar-refractivity contribution in [2.45, 2.75) is 32.2 Å². The molecule has 0 saturated heterocycles. The molecule has 0 radical (unpaired) electrons. The fourth-order valence-corrected chi connectivity index (χ4v) is 5.01. The lowest BCUT2D eigenvalue weighted by atomic mass is 10.2. The molecule has 29 heavy (non-hydrogen) atoms. The number of hydrogen-bond acceptors (Lipinski definition) is 3. The molecular weight excluding hydrogens is 386 g/mol. The maximum atomic E-state index is 12.9. The Morgan fingerprint density at radius 1 is 1.03 bits per heavy atom. The van der Waals surface area contributed by atoms with Crippen molar-refractivity contribution < 1.29 is 17.8 Å². The highest BCUT2D eigenvalue weighted by molar-refractivity contribution is 7.89. The van der Waals surface area contributed by atoms with E-state index in [1.165, 1.54) is 10.4 Å². The molecule has 3 rings (SSSR count). The summed E-state index contributed by atoms with van der Waals surface area (Å²) in [5.74, 6) is -0.222. The zero-order valence-corrected chi connectivity index (χ0v) is 17.7. The van der Waals surface area contributed by atoms with Crippen LogP contribution in [0.25, 0.3) is 10.8 Å². The van der Waals surface area contributed by atoms with Gasteiger partial charge in [0.2, 0.25) is 16.6 Å². The normalized spacial score (nSPS) is 11.7. The third kappa shape index (κ3) is 4.63. The second-order valence-electron chi connectivity index (χ2n) is 6.86. The third-order valence-electron chi connectivity index (χ3n) is 4.87. The van der Waals surface area contributed by atoms with Crippen LogP contribution in [0.1, 0.15) is 19.4 Å². The zero-order chi connectivity index (χ0) is 21.0. The van der Waals surface area contributed by atoms with Gasteiger partial charge in [-0.25, -0.2) is 8.42 Å². The molecule has 1 N–H and O–H groups in total. The SMILES string of the molecule is CCN(CC)S(=O)(=O)c1cc(NC(=O)C[n+]2ccc3ccccc3c2)ccc1C. The third-order valence-corrected chi connectivity index (χ3v) is 7.06. The number of fused-ring (bicyclic) bond motifs is 1. The van der Waals surface area contributed by atoms with Crippen molar-refractivity contribution >= 4 is 32.4 Å². The molecule has 2 aromatic carbocycles. The van der Waals surface area contributed by atoms with Gasteiger partial charge in [0.1, 0.15) is 0 Å². The Morgan fingerprint density at radius 3 is 2.41 bits per heavy atom. The standard InChI is InChI=1S/C22H25N3O3S/c1-4-25(5-2)29(27,28)21-14-20(11-10-17(21)3)23-22(26)16-24-13-12-18-8-6-7-9-19(18)15-24/h6-15H,4-5,16H2,1-3H3/p+1. The fraction of sp³-hybridized carbons (Fsp3) is 0.273. The Balaban J connectivity index is 1.80. The number of pyridine rings is 1. The summed E-state index contributed by atoms with van der Waals surface area (Å²) in [7, 11) is -3.60. The Labute approximate surface area is 171 Å². The number of aryl methyl sites for hydroxylation is 1. The minimum Gasteiger partial charge on any atom is -0.321 e. The molecule has 0 bridgehead atoms. The van der Waals surface area contributed by atoms with E-state index in [1.54, 1.807) is 23.6 Å². The van der Waals surface area contributed by atoms with Crippen molar-refractivity contribution in [2.24, 2.45) is 0 Å². The molecule has 0 aliphatic rings. The highest BCUT2D eigenvalue weighted by Crippen LogP contribution is 2.23. The first-order chi connectivity index (χ1) is 13.8. The number of nitrogens with one attached hydrogen (secondary N) is 1. The Hall–Kier alpha value is -2.77. The molecule has 1 aromatic heterocycles. The number of carbonyl (C=O) groups excluding carboxylic acids is 1. The first-order valence-electron chi connectivity index (χ1n) is 9.63. The minimum atomic E-state index is -3.60. The highest BCUT2D eigenvalue weighted by atomic mass is 32.2. The van der Waals surface area contributed by atoms with Gasteiger partial charge in [0.15, 0.2) is 12.4 Å². The summed E-state index contributed by atoms with van der Waals surface area (Å²) in [5.41, 5.74) is 1.12. The zero-order valence-electron chi connectivity index (χ0n) is 16.9. The van der Waals surface area contributed by atoms with E-state index in [-0.39, 0.29) is 17.3 Å². The Bertz CT molecular complexity index is 1140. The highest BCUT2D eigenvalue weighted by Gasteiger charge is 2.24. The maximum absolute atomic E-state index is 12.9. The first kappa shape index (κ1) is 21.0. The van der Waals surface area contributed by atoms with Crippen molar-refractivity contribution in [3.8, 4) is 0 Å². The van der Waals surface area contributed by atoms with Crippen molar-refractivity contribution in [1.29, 1.82) is 0 Å². The van der Waals surface area contributed by atoms with Gasteiger partial charge < -0.3 is 5.32 Å². The summed E-state index contributed by atoms with van der Waals surface area (Å²) in [4.78, 5) is 12.7. The smallest absolute Gasteiger partial charge is 0.290 e. The summed E-state index contributed by atoms with van der Waals surface area (Å²) < 4.78 is 29.0. The molecule has 1 heterocycles. The van der Waals surface area contributed by atoms with Gasteiger partial charge in [-0.3, -0.25) is 4.79 Å². The molecule has 0 saturated carbocycles. The Morgan fingerprint density at radius 2 is 1.72 bits per heavy atom. The monoisotopic (exact) mass is 412 g/mol. The molecule has 3 aromatic rings. The molecule has 0 unspecified atom stereocenters. The summed E-state index contributed by atoms with van der Waals surface area (Å²) in [5, 5.41) is 4.96. The predicted octanol–water partition coefficient (Wildman–Crippen LogP) is 3.10. The van der Waals surface area contributed by atoms with Crippen LogP contribution in [0.15, 0.2) is 65.8 Å². The van der Waals surface area contributed by atoms with Gasteiger partial charge in [-0.2, -0.15) is 8.87 Å². The number of amides is 1. The van der Waals surface area contributed by atoms with Crippen LogP contribution >= 0.6 is 0 Å². The summed E-state index contributed by atoms with van der Waals surface area (Å²) >= 11 is 0. The second-order valence-corrected chi connectivity index (χ2v) is 8.77. The molecule has 152 valence electrons. The van der Waals surface area contributed by atoms with Crippen molar-refractivity contribution in [3.05, 3.63) is 66.5 Å². The largest absolute Gasteiger partial charge is 0.321 e. The van der Waals surface area contributed by atoms with E-state index in [2.05, 4.69) is 5.32 Å². The second kappa shape index (κ2) is 8.71. The van der Waals surface area contributed by atoms with E-state index in [4.69, 9.17) is 0 Å². The van der Waals surface area contributed by atoms with Gasteiger partial charge in [-0.05, 0) is 36.1 Å². The van der Waals surface area contributed by atoms with E-state index in [1.807, 2.05) is 56.6 Å². The molecule has 0 fully saturated rings. The van der Waals surface area contributed by atoms with Crippen LogP contribution in [0.4, 0.5) is 5.69 Å². The van der Waals surface area contributed by atoms with Crippen molar-refractivity contribution in [1.82, 2.24) is 4.31 Å². The lowest BCUT2D eigenvalue weighted by Gasteiger charge is -2.20. The summed E-state index contributed by atoms with van der Waals surface area (Å²) in [6.07, 6.45) is 3.77. The quantitative estimate of drug-likeness (QED) is 0.606. The van der Waals surface area contributed by atoms with Gasteiger partial charge in [-0.1, -0.05) is 38.1 Å². The van der Waals surface area contributed by atoms with E-state index in [0.29, 0.717) is 24.3 Å². The maximum Gasteiger partial charge on any atom is 0.290 e. The van der Waals surface area contributed by atoms with Gasteiger partial charge in [-0.15, -0.1) is 0 Å². The number of hydrogen-bond donors (Lipinski definition) is 1. The van der Waals surface area contributed by atoms with Crippen LogP contribution in [0.3, 0.4) is 0 Å². The van der Waals surface area contributed by atoms with Crippen LogP contribution in [0.5, 0.6) is 0 Å². The number of anilines is 1. The number of aromatic nitrogens is 1. The number of rotatable bonds is 7. The van der Waals surface area contributed by atoms with E-state index < -0.39 is 10.0 Å². The van der Waals surface area contributed by atoms with Crippen LogP contribution in [-0.2, 0) is 21.4 Å². The molecule has 0 atom stereocenters.